The average Bonchev–Trinajstić information content (AvgIpc) is 2.41. The van der Waals surface area contributed by atoms with Crippen molar-refractivity contribution in [2.24, 2.45) is 0 Å². The lowest BCUT2D eigenvalue weighted by Gasteiger charge is -2.26. The predicted molar refractivity (Wildman–Crippen MR) is 78.0 cm³/mol. The number of hydrogen-bond acceptors (Lipinski definition) is 3. The van der Waals surface area contributed by atoms with Gasteiger partial charge in [-0.05, 0) is 31.0 Å². The van der Waals surface area contributed by atoms with Crippen molar-refractivity contribution in [2.45, 2.75) is 50.0 Å². The van der Waals surface area contributed by atoms with Crippen molar-refractivity contribution in [1.29, 1.82) is 0 Å². The number of nitrogens with one attached hydrogen (secondary N) is 1. The number of sulfone groups is 1. The van der Waals surface area contributed by atoms with Crippen LogP contribution < -0.4 is 5.32 Å². The van der Waals surface area contributed by atoms with Crippen LogP contribution in [0.2, 0.25) is 0 Å². The Balaban J connectivity index is 2.00. The zero-order valence-corrected chi connectivity index (χ0v) is 12.4. The third-order valence-electron chi connectivity index (χ3n) is 3.73. The van der Waals surface area contributed by atoms with E-state index in [0.29, 0.717) is 11.3 Å². The number of fused-ring (bicyclic) bond motifs is 1. The standard InChI is InChI=1S/C15H23NO2S/c1-2-3-4-7-11-16-14-10-12-19(17,18)15-9-6-5-8-13(14)15/h5-6,8-9,14,16H,2-4,7,10-12H2,1H3. The molecule has 0 spiro atoms. The first kappa shape index (κ1) is 14.5. The summed E-state index contributed by atoms with van der Waals surface area (Å²) in [6.45, 7) is 3.18. The molecule has 0 saturated heterocycles. The van der Waals surface area contributed by atoms with Crippen molar-refractivity contribution in [3.8, 4) is 0 Å². The molecule has 0 fully saturated rings. The molecule has 0 bridgehead atoms. The molecule has 1 aliphatic rings. The minimum absolute atomic E-state index is 0.196. The van der Waals surface area contributed by atoms with Crippen LogP contribution in [0.15, 0.2) is 29.2 Å². The van der Waals surface area contributed by atoms with E-state index in [1.807, 2.05) is 12.1 Å². The highest BCUT2D eigenvalue weighted by Gasteiger charge is 2.29. The topological polar surface area (TPSA) is 46.2 Å². The fourth-order valence-corrected chi connectivity index (χ4v) is 4.25. The predicted octanol–water partition coefficient (Wildman–Crippen LogP) is 3.08. The summed E-state index contributed by atoms with van der Waals surface area (Å²) >= 11 is 0. The summed E-state index contributed by atoms with van der Waals surface area (Å²) < 4.78 is 24.0. The molecule has 0 amide bonds. The summed E-state index contributed by atoms with van der Waals surface area (Å²) in [7, 11) is -3.05. The zero-order valence-electron chi connectivity index (χ0n) is 11.6. The van der Waals surface area contributed by atoms with Crippen molar-refractivity contribution < 1.29 is 8.42 Å². The summed E-state index contributed by atoms with van der Waals surface area (Å²) in [5.41, 5.74) is 0.948. The van der Waals surface area contributed by atoms with E-state index in [2.05, 4.69) is 12.2 Å². The first-order valence-corrected chi connectivity index (χ1v) is 8.85. The van der Waals surface area contributed by atoms with Gasteiger partial charge in [-0.15, -0.1) is 0 Å². The lowest BCUT2D eigenvalue weighted by atomic mass is 10.0. The molecular formula is C15H23NO2S. The first-order valence-electron chi connectivity index (χ1n) is 7.20. The zero-order chi connectivity index (χ0) is 13.7. The minimum Gasteiger partial charge on any atom is -0.310 e. The maximum absolute atomic E-state index is 12.0. The highest BCUT2D eigenvalue weighted by atomic mass is 32.2. The van der Waals surface area contributed by atoms with Crippen molar-refractivity contribution >= 4 is 9.84 Å². The Morgan fingerprint density at radius 3 is 2.79 bits per heavy atom. The lowest BCUT2D eigenvalue weighted by molar-refractivity contribution is 0.478. The van der Waals surface area contributed by atoms with E-state index >= 15 is 0 Å². The molecule has 4 heteroatoms. The van der Waals surface area contributed by atoms with Crippen LogP contribution in [-0.4, -0.2) is 20.7 Å². The Morgan fingerprint density at radius 2 is 2.00 bits per heavy atom. The molecule has 1 heterocycles. The van der Waals surface area contributed by atoms with Crippen LogP contribution in [0.3, 0.4) is 0 Å². The fourth-order valence-electron chi connectivity index (χ4n) is 2.63. The van der Waals surface area contributed by atoms with Gasteiger partial charge in [-0.1, -0.05) is 44.4 Å². The highest BCUT2D eigenvalue weighted by Crippen LogP contribution is 2.31. The molecule has 1 aromatic rings. The van der Waals surface area contributed by atoms with Gasteiger partial charge in [0.05, 0.1) is 10.6 Å². The molecule has 1 atom stereocenters. The molecule has 1 unspecified atom stereocenters. The molecule has 1 N–H and O–H groups in total. The van der Waals surface area contributed by atoms with E-state index < -0.39 is 9.84 Å². The number of unbranched alkanes of at least 4 members (excludes halogenated alkanes) is 3. The maximum atomic E-state index is 12.0. The smallest absolute Gasteiger partial charge is 0.178 e. The molecule has 2 rings (SSSR count). The Bertz CT molecular complexity index is 511. The second-order valence-corrected chi connectivity index (χ2v) is 7.29. The van der Waals surface area contributed by atoms with E-state index in [1.54, 1.807) is 12.1 Å². The molecule has 106 valence electrons. The van der Waals surface area contributed by atoms with E-state index in [1.165, 1.54) is 25.7 Å². The third kappa shape index (κ3) is 3.57. The van der Waals surface area contributed by atoms with E-state index in [0.717, 1.165) is 12.1 Å². The van der Waals surface area contributed by atoms with Gasteiger partial charge in [0.15, 0.2) is 9.84 Å². The SMILES string of the molecule is CCCCCCNC1CCS(=O)(=O)c2ccccc21. The first-order chi connectivity index (χ1) is 9.15. The van der Waals surface area contributed by atoms with Gasteiger partial charge in [0.2, 0.25) is 0 Å². The molecule has 19 heavy (non-hydrogen) atoms. The minimum atomic E-state index is -3.05. The number of benzene rings is 1. The van der Waals surface area contributed by atoms with Crippen molar-refractivity contribution in [2.75, 3.05) is 12.3 Å². The molecule has 0 aromatic heterocycles. The number of rotatable bonds is 6. The molecule has 0 aliphatic carbocycles. The normalized spacial score (nSPS) is 21.0. The second kappa shape index (κ2) is 6.53. The summed E-state index contributed by atoms with van der Waals surface area (Å²) in [5.74, 6) is 0.261. The quantitative estimate of drug-likeness (QED) is 0.815. The number of hydrogen-bond donors (Lipinski definition) is 1. The molecule has 0 radical (unpaired) electrons. The van der Waals surface area contributed by atoms with Gasteiger partial charge in [0.25, 0.3) is 0 Å². The van der Waals surface area contributed by atoms with Gasteiger partial charge in [0.1, 0.15) is 0 Å². The third-order valence-corrected chi connectivity index (χ3v) is 5.54. The van der Waals surface area contributed by atoms with Gasteiger partial charge in [0, 0.05) is 6.04 Å². The van der Waals surface area contributed by atoms with Crippen LogP contribution in [0.1, 0.15) is 50.6 Å². The summed E-state index contributed by atoms with van der Waals surface area (Å²) in [5, 5.41) is 3.51. The lowest BCUT2D eigenvalue weighted by Crippen LogP contribution is -2.30. The van der Waals surface area contributed by atoms with Gasteiger partial charge in [-0.3, -0.25) is 0 Å². The van der Waals surface area contributed by atoms with Gasteiger partial charge in [-0.2, -0.15) is 0 Å². The average molecular weight is 281 g/mol. The van der Waals surface area contributed by atoms with Crippen LogP contribution in [-0.2, 0) is 9.84 Å². The van der Waals surface area contributed by atoms with E-state index in [9.17, 15) is 8.42 Å². The highest BCUT2D eigenvalue weighted by molar-refractivity contribution is 7.91. The monoisotopic (exact) mass is 281 g/mol. The van der Waals surface area contributed by atoms with Crippen molar-refractivity contribution in [3.63, 3.8) is 0 Å². The Kier molecular flexibility index (Phi) is 4.99. The largest absolute Gasteiger partial charge is 0.310 e. The van der Waals surface area contributed by atoms with Crippen molar-refractivity contribution in [1.82, 2.24) is 5.32 Å². The Labute approximate surface area is 116 Å². The van der Waals surface area contributed by atoms with E-state index in [4.69, 9.17) is 0 Å². The van der Waals surface area contributed by atoms with Gasteiger partial charge >= 0.3 is 0 Å². The van der Waals surface area contributed by atoms with Crippen LogP contribution in [0.25, 0.3) is 0 Å². The summed E-state index contributed by atoms with van der Waals surface area (Å²) in [6.07, 6.45) is 5.62. The summed E-state index contributed by atoms with van der Waals surface area (Å²) in [4.78, 5) is 0.521. The fraction of sp³-hybridized carbons (Fsp3) is 0.600. The van der Waals surface area contributed by atoms with Crippen LogP contribution in [0.4, 0.5) is 0 Å². The maximum Gasteiger partial charge on any atom is 0.178 e. The van der Waals surface area contributed by atoms with Crippen LogP contribution >= 0.6 is 0 Å². The molecule has 0 saturated carbocycles. The molecule has 1 aromatic carbocycles. The van der Waals surface area contributed by atoms with Gasteiger partial charge in [-0.25, -0.2) is 8.42 Å². The van der Waals surface area contributed by atoms with Crippen molar-refractivity contribution in [3.05, 3.63) is 29.8 Å². The molecular weight excluding hydrogens is 258 g/mol. The summed E-state index contributed by atoms with van der Waals surface area (Å²) in [6, 6.07) is 7.60. The van der Waals surface area contributed by atoms with Crippen LogP contribution in [0, 0.1) is 0 Å². The van der Waals surface area contributed by atoms with Crippen LogP contribution in [0.5, 0.6) is 0 Å². The van der Waals surface area contributed by atoms with Gasteiger partial charge < -0.3 is 5.32 Å². The van der Waals surface area contributed by atoms with E-state index in [-0.39, 0.29) is 11.8 Å². The Hall–Kier alpha value is -0.870. The molecule has 1 aliphatic heterocycles. The Morgan fingerprint density at radius 1 is 1.21 bits per heavy atom. The second-order valence-electron chi connectivity index (χ2n) is 5.21. The molecule has 3 nitrogen and oxygen atoms in total.